The minimum absolute atomic E-state index is 0.0576. The molecule has 4 aromatic rings. The third kappa shape index (κ3) is 4.88. The van der Waals surface area contributed by atoms with Gasteiger partial charge in [-0.1, -0.05) is 60.7 Å². The summed E-state index contributed by atoms with van der Waals surface area (Å²) in [5, 5.41) is 8.94. The van der Waals surface area contributed by atoms with E-state index in [0.717, 1.165) is 28.3 Å². The molecule has 190 valence electrons. The van der Waals surface area contributed by atoms with Gasteiger partial charge < -0.3 is 23.9 Å². The molecule has 0 saturated heterocycles. The Morgan fingerprint density at radius 1 is 0.919 bits per heavy atom. The molecule has 5 rings (SSSR count). The minimum atomic E-state index is -0.830. The third-order valence-electron chi connectivity index (χ3n) is 6.79. The van der Waals surface area contributed by atoms with Crippen molar-refractivity contribution in [2.75, 3.05) is 26.9 Å². The number of imidazole rings is 1. The van der Waals surface area contributed by atoms with Gasteiger partial charge in [-0.25, -0.2) is 4.98 Å². The number of nitrogens with zero attached hydrogens (tertiary/aromatic N) is 2. The van der Waals surface area contributed by atoms with E-state index in [1.54, 1.807) is 13.3 Å². The van der Waals surface area contributed by atoms with Gasteiger partial charge in [0.15, 0.2) is 0 Å². The van der Waals surface area contributed by atoms with E-state index in [1.165, 1.54) is 11.1 Å². The lowest BCUT2D eigenvalue weighted by Gasteiger charge is -2.33. The molecule has 7 heteroatoms. The van der Waals surface area contributed by atoms with E-state index < -0.39 is 11.6 Å². The molecule has 0 spiro atoms. The summed E-state index contributed by atoms with van der Waals surface area (Å²) in [6.07, 6.45) is 3.99. The maximum Gasteiger partial charge on any atom is 0.303 e. The van der Waals surface area contributed by atoms with E-state index in [4.69, 9.17) is 19.3 Å². The van der Waals surface area contributed by atoms with Crippen molar-refractivity contribution in [3.05, 3.63) is 108 Å². The fourth-order valence-corrected chi connectivity index (χ4v) is 5.08. The van der Waals surface area contributed by atoms with Crippen molar-refractivity contribution in [1.82, 2.24) is 9.55 Å². The second-order valence-electron chi connectivity index (χ2n) is 8.89. The van der Waals surface area contributed by atoms with E-state index in [-0.39, 0.29) is 6.42 Å². The molecule has 1 N–H and O–H groups in total. The van der Waals surface area contributed by atoms with Crippen molar-refractivity contribution in [3.8, 4) is 16.9 Å². The Labute approximate surface area is 216 Å². The fourth-order valence-electron chi connectivity index (χ4n) is 5.08. The Morgan fingerprint density at radius 3 is 2.24 bits per heavy atom. The number of carbonyl (C=O) groups is 1. The fraction of sp³-hybridized carbons (Fsp3) is 0.267. The molecule has 3 aromatic carbocycles. The Kier molecular flexibility index (Phi) is 7.35. The van der Waals surface area contributed by atoms with Crippen molar-refractivity contribution in [2.24, 2.45) is 0 Å². The average molecular weight is 499 g/mol. The monoisotopic (exact) mass is 498 g/mol. The molecule has 1 aliphatic carbocycles. The number of aliphatic carboxylic acids is 1. The summed E-state index contributed by atoms with van der Waals surface area (Å²) in [6.45, 7) is 1.89. The largest absolute Gasteiger partial charge is 0.497 e. The van der Waals surface area contributed by atoms with Crippen LogP contribution in [0, 0.1) is 0 Å². The van der Waals surface area contributed by atoms with Crippen LogP contribution in [-0.4, -0.2) is 47.6 Å². The number of rotatable bonds is 12. The third-order valence-corrected chi connectivity index (χ3v) is 6.79. The predicted octanol–water partition coefficient (Wildman–Crippen LogP) is 4.91. The van der Waals surface area contributed by atoms with E-state index in [9.17, 15) is 4.79 Å². The zero-order chi connectivity index (χ0) is 25.7. The molecule has 0 aliphatic heterocycles. The van der Waals surface area contributed by atoms with Crippen LogP contribution < -0.4 is 4.74 Å². The number of fused-ring (bicyclic) bond motifs is 3. The second-order valence-corrected chi connectivity index (χ2v) is 8.89. The normalized spacial score (nSPS) is 13.2. The molecule has 0 radical (unpaired) electrons. The molecule has 37 heavy (non-hydrogen) atoms. The van der Waals surface area contributed by atoms with Crippen molar-refractivity contribution in [3.63, 3.8) is 0 Å². The molecular formula is C30H30N2O5. The average Bonchev–Trinajstić information content (AvgIpc) is 3.50. The van der Waals surface area contributed by atoms with E-state index in [0.29, 0.717) is 32.8 Å². The van der Waals surface area contributed by atoms with Gasteiger partial charge in [0.05, 0.1) is 33.4 Å². The molecule has 7 nitrogen and oxygen atoms in total. The Bertz CT molecular complexity index is 1320. The van der Waals surface area contributed by atoms with Crippen LogP contribution in [0.15, 0.2) is 85.2 Å². The molecule has 0 fully saturated rings. The molecule has 0 atom stereocenters. The van der Waals surface area contributed by atoms with Crippen molar-refractivity contribution in [1.29, 1.82) is 0 Å². The van der Waals surface area contributed by atoms with Crippen LogP contribution in [0.4, 0.5) is 0 Å². The summed E-state index contributed by atoms with van der Waals surface area (Å²) < 4.78 is 20.0. The van der Waals surface area contributed by atoms with Gasteiger partial charge >= 0.3 is 5.97 Å². The molecule has 0 saturated carbocycles. The second kappa shape index (κ2) is 11.0. The number of ether oxygens (including phenoxy) is 3. The standard InChI is InChI=1S/C30H30N2O5/c1-35-23-12-10-22(11-13-23)30(26-8-4-2-6-24(26)25-7-3-5-9-27(25)30)37-21-20-36-19-18-32-17-16-31-28(32)14-15-29(33)34/h2-13,16-17H,14-15,18-21H2,1H3,(H,33,34). The molecule has 1 heterocycles. The van der Waals surface area contributed by atoms with Crippen molar-refractivity contribution >= 4 is 5.97 Å². The van der Waals surface area contributed by atoms with Gasteiger partial charge in [0, 0.05) is 36.5 Å². The number of aryl methyl sites for hydroxylation is 1. The molecular weight excluding hydrogens is 468 g/mol. The Morgan fingerprint density at radius 2 is 1.59 bits per heavy atom. The van der Waals surface area contributed by atoms with Crippen LogP contribution in [-0.2, 0) is 32.8 Å². The van der Waals surface area contributed by atoms with Crippen molar-refractivity contribution < 1.29 is 24.1 Å². The maximum atomic E-state index is 10.9. The lowest BCUT2D eigenvalue weighted by molar-refractivity contribution is -0.137. The first-order chi connectivity index (χ1) is 18.1. The van der Waals surface area contributed by atoms with Crippen LogP contribution in [0.5, 0.6) is 5.75 Å². The zero-order valence-corrected chi connectivity index (χ0v) is 20.8. The Balaban J connectivity index is 1.31. The minimum Gasteiger partial charge on any atom is -0.497 e. The predicted molar refractivity (Wildman–Crippen MR) is 140 cm³/mol. The summed E-state index contributed by atoms with van der Waals surface area (Å²) in [7, 11) is 1.66. The first kappa shape index (κ1) is 24.7. The topological polar surface area (TPSA) is 82.8 Å². The van der Waals surface area contributed by atoms with Crippen LogP contribution in [0.3, 0.4) is 0 Å². The first-order valence-corrected chi connectivity index (χ1v) is 12.4. The van der Waals surface area contributed by atoms with Gasteiger partial charge in [-0.05, 0) is 28.8 Å². The highest BCUT2D eigenvalue weighted by atomic mass is 16.5. The SMILES string of the molecule is COc1ccc(C2(OCCOCCn3ccnc3CCC(=O)O)c3ccccc3-c3ccccc32)cc1. The maximum absolute atomic E-state index is 10.9. The van der Waals surface area contributed by atoms with Gasteiger partial charge in [-0.15, -0.1) is 0 Å². The van der Waals surface area contributed by atoms with Gasteiger partial charge in [0.25, 0.3) is 0 Å². The number of aromatic nitrogens is 2. The lowest BCUT2D eigenvalue weighted by Crippen LogP contribution is -2.32. The van der Waals surface area contributed by atoms with E-state index in [1.807, 2.05) is 22.9 Å². The van der Waals surface area contributed by atoms with Gasteiger partial charge in [0.1, 0.15) is 17.2 Å². The molecule has 1 aliphatic rings. The molecule has 0 bridgehead atoms. The van der Waals surface area contributed by atoms with E-state index in [2.05, 4.69) is 65.6 Å². The molecule has 0 unspecified atom stereocenters. The number of carboxylic acid groups (broad SMARTS) is 1. The van der Waals surface area contributed by atoms with Gasteiger partial charge in [0.2, 0.25) is 0 Å². The highest BCUT2D eigenvalue weighted by molar-refractivity contribution is 5.82. The van der Waals surface area contributed by atoms with Crippen molar-refractivity contribution in [2.45, 2.75) is 25.0 Å². The van der Waals surface area contributed by atoms with Crippen LogP contribution in [0.1, 0.15) is 28.9 Å². The molecule has 1 aromatic heterocycles. The molecule has 0 amide bonds. The summed E-state index contributed by atoms with van der Waals surface area (Å²) in [6, 6.07) is 24.8. The number of methoxy groups -OCH3 is 1. The van der Waals surface area contributed by atoms with Gasteiger partial charge in [-0.3, -0.25) is 4.79 Å². The highest BCUT2D eigenvalue weighted by Gasteiger charge is 2.45. The zero-order valence-electron chi connectivity index (χ0n) is 20.8. The van der Waals surface area contributed by atoms with Crippen LogP contribution in [0.2, 0.25) is 0 Å². The van der Waals surface area contributed by atoms with Gasteiger partial charge in [-0.2, -0.15) is 0 Å². The summed E-state index contributed by atoms with van der Waals surface area (Å²) in [5.41, 5.74) is 4.85. The number of carboxylic acids is 1. The van der Waals surface area contributed by atoms with E-state index >= 15 is 0 Å². The first-order valence-electron chi connectivity index (χ1n) is 12.4. The highest BCUT2D eigenvalue weighted by Crippen LogP contribution is 2.53. The van der Waals surface area contributed by atoms with Crippen LogP contribution >= 0.6 is 0 Å². The summed E-state index contributed by atoms with van der Waals surface area (Å²) in [5.74, 6) is 0.715. The smallest absolute Gasteiger partial charge is 0.303 e. The number of benzene rings is 3. The Hall–Kier alpha value is -3.94. The van der Waals surface area contributed by atoms with Crippen LogP contribution in [0.25, 0.3) is 11.1 Å². The lowest BCUT2D eigenvalue weighted by atomic mass is 9.84. The number of hydrogen-bond donors (Lipinski definition) is 1. The quantitative estimate of drug-likeness (QED) is 0.279. The summed E-state index contributed by atoms with van der Waals surface area (Å²) >= 11 is 0. The summed E-state index contributed by atoms with van der Waals surface area (Å²) in [4.78, 5) is 15.1. The number of hydrogen-bond acceptors (Lipinski definition) is 5.